The molecule has 3 rings (SSSR count). The van der Waals surface area contributed by atoms with Gasteiger partial charge in [-0.3, -0.25) is 4.68 Å². The van der Waals surface area contributed by atoms with Crippen LogP contribution in [0.15, 0.2) is 36.4 Å². The van der Waals surface area contributed by atoms with Crippen LogP contribution in [0.5, 0.6) is 0 Å². The molecule has 0 atom stereocenters. The first-order valence-electron chi connectivity index (χ1n) is 8.25. The smallest absolute Gasteiger partial charge is 0.175 e. The molecule has 0 saturated carbocycles. The van der Waals surface area contributed by atoms with E-state index >= 15 is 0 Å². The summed E-state index contributed by atoms with van der Waals surface area (Å²) in [5.74, 6) is 0. The molecule has 2 aromatic carbocycles. The van der Waals surface area contributed by atoms with Crippen LogP contribution in [-0.4, -0.2) is 14.9 Å². The van der Waals surface area contributed by atoms with Gasteiger partial charge in [-0.2, -0.15) is 5.10 Å². The molecule has 0 saturated heterocycles. The third-order valence-electron chi connectivity index (χ3n) is 4.13. The van der Waals surface area contributed by atoms with Crippen molar-refractivity contribution in [1.82, 2.24) is 9.78 Å². The normalized spacial score (nSPS) is 10.8. The molecule has 0 aliphatic rings. The molecule has 0 bridgehead atoms. The van der Waals surface area contributed by atoms with Crippen molar-refractivity contribution in [3.63, 3.8) is 0 Å². The Hall–Kier alpha value is -1.50. The van der Waals surface area contributed by atoms with Crippen LogP contribution in [0.3, 0.4) is 0 Å². The van der Waals surface area contributed by atoms with Crippen molar-refractivity contribution >= 4 is 75.1 Å². The molecular formula is C19H16Cl4N4S. The second-order valence-electron chi connectivity index (χ2n) is 6.14. The Bertz CT molecular complexity index is 1050. The van der Waals surface area contributed by atoms with Gasteiger partial charge in [0.15, 0.2) is 5.11 Å². The number of aryl methyl sites for hydroxylation is 1. The van der Waals surface area contributed by atoms with Crippen molar-refractivity contribution < 1.29 is 0 Å². The van der Waals surface area contributed by atoms with Gasteiger partial charge in [0, 0.05) is 15.1 Å². The molecule has 0 spiro atoms. The van der Waals surface area contributed by atoms with Gasteiger partial charge in [0.2, 0.25) is 0 Å². The topological polar surface area (TPSA) is 41.9 Å². The van der Waals surface area contributed by atoms with E-state index in [1.54, 1.807) is 24.3 Å². The Morgan fingerprint density at radius 1 is 0.964 bits per heavy atom. The Morgan fingerprint density at radius 3 is 2.25 bits per heavy atom. The molecule has 1 aromatic heterocycles. The van der Waals surface area contributed by atoms with Crippen molar-refractivity contribution in [1.29, 1.82) is 0 Å². The molecule has 0 fully saturated rings. The minimum absolute atomic E-state index is 0.402. The summed E-state index contributed by atoms with van der Waals surface area (Å²) >= 11 is 29.8. The zero-order valence-electron chi connectivity index (χ0n) is 15.0. The van der Waals surface area contributed by atoms with Crippen LogP contribution < -0.4 is 10.6 Å². The molecule has 4 nitrogen and oxygen atoms in total. The molecule has 0 radical (unpaired) electrons. The summed E-state index contributed by atoms with van der Waals surface area (Å²) in [4.78, 5) is 0. The summed E-state index contributed by atoms with van der Waals surface area (Å²) in [6.07, 6.45) is 0. The molecular weight excluding hydrogens is 458 g/mol. The van der Waals surface area contributed by atoms with Crippen LogP contribution in [0.2, 0.25) is 20.1 Å². The number of nitrogens with zero attached hydrogens (tertiary/aromatic N) is 2. The van der Waals surface area contributed by atoms with Gasteiger partial charge in [-0.1, -0.05) is 52.5 Å². The lowest BCUT2D eigenvalue weighted by Crippen LogP contribution is -2.20. The quantitative estimate of drug-likeness (QED) is 0.401. The van der Waals surface area contributed by atoms with Crippen molar-refractivity contribution in [3.8, 4) is 0 Å². The molecule has 0 amide bonds. The van der Waals surface area contributed by atoms with Crippen molar-refractivity contribution in [2.45, 2.75) is 20.4 Å². The van der Waals surface area contributed by atoms with Crippen LogP contribution >= 0.6 is 58.6 Å². The number of nitrogens with one attached hydrogen (secondary N) is 2. The number of halogens is 4. The van der Waals surface area contributed by atoms with Crippen LogP contribution in [0.25, 0.3) is 0 Å². The maximum absolute atomic E-state index is 6.29. The van der Waals surface area contributed by atoms with E-state index < -0.39 is 0 Å². The van der Waals surface area contributed by atoms with Gasteiger partial charge < -0.3 is 10.6 Å². The van der Waals surface area contributed by atoms with E-state index in [-0.39, 0.29) is 0 Å². The third kappa shape index (κ3) is 4.91. The predicted molar refractivity (Wildman–Crippen MR) is 124 cm³/mol. The zero-order chi connectivity index (χ0) is 20.4. The monoisotopic (exact) mass is 472 g/mol. The number of rotatable bonds is 4. The van der Waals surface area contributed by atoms with E-state index in [0.29, 0.717) is 37.4 Å². The third-order valence-corrected chi connectivity index (χ3v) is 5.47. The highest BCUT2D eigenvalue weighted by Gasteiger charge is 2.15. The first-order valence-corrected chi connectivity index (χ1v) is 10.2. The lowest BCUT2D eigenvalue weighted by Gasteiger charge is -2.13. The maximum Gasteiger partial charge on any atom is 0.175 e. The molecule has 0 aliphatic heterocycles. The fourth-order valence-electron chi connectivity index (χ4n) is 2.70. The number of benzene rings is 2. The lowest BCUT2D eigenvalue weighted by atomic mass is 10.2. The molecule has 146 valence electrons. The van der Waals surface area contributed by atoms with Gasteiger partial charge >= 0.3 is 0 Å². The van der Waals surface area contributed by atoms with Crippen LogP contribution in [-0.2, 0) is 6.54 Å². The molecule has 0 unspecified atom stereocenters. The number of hydrogen-bond donors (Lipinski definition) is 2. The standard InChI is InChI=1S/C19H16Cl4N4S/c1-10-18(25-19(28)24-17-6-5-14(21)8-16(17)23)11(2)27(26-10)9-12-3-4-13(20)7-15(12)22/h3-8H,9H2,1-2H3,(H2,24,25,28). The van der Waals surface area contributed by atoms with Crippen molar-refractivity contribution in [2.75, 3.05) is 10.6 Å². The second-order valence-corrected chi connectivity index (χ2v) is 8.24. The number of hydrogen-bond acceptors (Lipinski definition) is 2. The van der Waals surface area contributed by atoms with Crippen molar-refractivity contribution in [2.24, 2.45) is 0 Å². The fraction of sp³-hybridized carbons (Fsp3) is 0.158. The minimum Gasteiger partial charge on any atom is -0.331 e. The van der Waals surface area contributed by atoms with Crippen LogP contribution in [0.1, 0.15) is 17.0 Å². The summed E-state index contributed by atoms with van der Waals surface area (Å²) in [5.41, 5.74) is 4.16. The average molecular weight is 474 g/mol. The Morgan fingerprint density at radius 2 is 1.61 bits per heavy atom. The molecule has 2 N–H and O–H groups in total. The summed E-state index contributed by atoms with van der Waals surface area (Å²) in [5, 5.41) is 13.5. The highest BCUT2D eigenvalue weighted by Crippen LogP contribution is 2.27. The van der Waals surface area contributed by atoms with E-state index in [0.717, 1.165) is 22.6 Å². The number of thiocarbonyl (C=S) groups is 1. The zero-order valence-corrected chi connectivity index (χ0v) is 18.8. The van der Waals surface area contributed by atoms with Gasteiger partial charge in [-0.05, 0) is 62.0 Å². The highest BCUT2D eigenvalue weighted by molar-refractivity contribution is 7.80. The Balaban J connectivity index is 1.76. The van der Waals surface area contributed by atoms with Crippen molar-refractivity contribution in [3.05, 3.63) is 73.4 Å². The van der Waals surface area contributed by atoms with E-state index in [9.17, 15) is 0 Å². The Labute approximate surface area is 188 Å². The molecule has 9 heteroatoms. The summed E-state index contributed by atoms with van der Waals surface area (Å²) in [6, 6.07) is 10.6. The molecule has 3 aromatic rings. The molecule has 28 heavy (non-hydrogen) atoms. The van der Waals surface area contributed by atoms with E-state index in [1.165, 1.54) is 0 Å². The van der Waals surface area contributed by atoms with Gasteiger partial charge in [-0.25, -0.2) is 0 Å². The van der Waals surface area contributed by atoms with E-state index in [1.807, 2.05) is 30.7 Å². The molecule has 1 heterocycles. The number of anilines is 2. The first kappa shape index (κ1) is 21.2. The maximum atomic E-state index is 6.29. The van der Waals surface area contributed by atoms with E-state index in [4.69, 9.17) is 58.6 Å². The first-order chi connectivity index (χ1) is 13.2. The minimum atomic E-state index is 0.402. The second kappa shape index (κ2) is 8.89. The fourth-order valence-corrected chi connectivity index (χ4v) is 3.84. The average Bonchev–Trinajstić information content (AvgIpc) is 2.87. The molecule has 0 aliphatic carbocycles. The Kier molecular flexibility index (Phi) is 6.73. The SMILES string of the molecule is Cc1nn(Cc2ccc(Cl)cc2Cl)c(C)c1NC(=S)Nc1ccc(Cl)cc1Cl. The predicted octanol–water partition coefficient (Wildman–Crippen LogP) is 6.97. The van der Waals surface area contributed by atoms with Gasteiger partial charge in [0.1, 0.15) is 0 Å². The van der Waals surface area contributed by atoms with Gasteiger partial charge in [0.05, 0.1) is 34.3 Å². The van der Waals surface area contributed by atoms with E-state index in [2.05, 4.69) is 15.7 Å². The summed E-state index contributed by atoms with van der Waals surface area (Å²) in [6.45, 7) is 4.39. The summed E-state index contributed by atoms with van der Waals surface area (Å²) in [7, 11) is 0. The van der Waals surface area contributed by atoms with Crippen LogP contribution in [0, 0.1) is 13.8 Å². The van der Waals surface area contributed by atoms with Gasteiger partial charge in [0.25, 0.3) is 0 Å². The highest BCUT2D eigenvalue weighted by atomic mass is 35.5. The number of aromatic nitrogens is 2. The largest absolute Gasteiger partial charge is 0.331 e. The lowest BCUT2D eigenvalue weighted by molar-refractivity contribution is 0.659. The van der Waals surface area contributed by atoms with Crippen LogP contribution in [0.4, 0.5) is 11.4 Å². The van der Waals surface area contributed by atoms with Gasteiger partial charge in [-0.15, -0.1) is 0 Å². The summed E-state index contributed by atoms with van der Waals surface area (Å²) < 4.78 is 1.87.